The van der Waals surface area contributed by atoms with Crippen LogP contribution in [-0.2, 0) is 21.3 Å². The monoisotopic (exact) mass is 424 g/mol. The summed E-state index contributed by atoms with van der Waals surface area (Å²) in [7, 11) is 2.92. The quantitative estimate of drug-likeness (QED) is 0.544. The van der Waals surface area contributed by atoms with Crippen molar-refractivity contribution < 1.29 is 23.5 Å². The lowest BCUT2D eigenvalue weighted by molar-refractivity contribution is -0.146. The van der Waals surface area contributed by atoms with Crippen LogP contribution in [0.5, 0.6) is 0 Å². The maximum atomic E-state index is 14.4. The first-order valence-corrected chi connectivity index (χ1v) is 9.67. The van der Waals surface area contributed by atoms with Crippen LogP contribution < -0.4 is 0 Å². The number of nitrogens with zero attached hydrogens (tertiary/aromatic N) is 4. The number of aryl methyl sites for hydroxylation is 1. The Kier molecular flexibility index (Phi) is 4.49. The summed E-state index contributed by atoms with van der Waals surface area (Å²) in [6, 6.07) is -0.771. The van der Waals surface area contributed by atoms with Gasteiger partial charge in [-0.2, -0.15) is 5.10 Å². The lowest BCUT2D eigenvalue weighted by atomic mass is 10.1. The van der Waals surface area contributed by atoms with Gasteiger partial charge in [0.1, 0.15) is 17.2 Å². The molecule has 2 aromatic heterocycles. The van der Waals surface area contributed by atoms with E-state index in [9.17, 15) is 14.0 Å². The van der Waals surface area contributed by atoms with E-state index in [2.05, 4.69) is 10.1 Å². The summed E-state index contributed by atoms with van der Waals surface area (Å²) >= 11 is 5.80. The molecular formula is C19H22ClFN4O4. The number of halogens is 2. The largest absolute Gasteiger partial charge is 0.467 e. The van der Waals surface area contributed by atoms with E-state index in [4.69, 9.17) is 21.1 Å². The lowest BCUT2D eigenvalue weighted by Gasteiger charge is -2.29. The molecule has 1 aliphatic heterocycles. The third kappa shape index (κ3) is 3.11. The summed E-state index contributed by atoms with van der Waals surface area (Å²) in [5, 5.41) is 4.82. The number of aromatic nitrogens is 3. The van der Waals surface area contributed by atoms with Crippen LogP contribution in [0.2, 0.25) is 5.15 Å². The number of carbonyl (C=O) groups is 2. The molecule has 4 atom stereocenters. The number of piperidine rings is 1. The zero-order valence-electron chi connectivity index (χ0n) is 16.8. The molecule has 0 N–H and O–H groups in total. The molecule has 10 heteroatoms. The minimum Gasteiger partial charge on any atom is -0.467 e. The highest BCUT2D eigenvalue weighted by Crippen LogP contribution is 2.62. The van der Waals surface area contributed by atoms with Gasteiger partial charge in [-0.3, -0.25) is 9.58 Å². The summed E-state index contributed by atoms with van der Waals surface area (Å²) in [5.41, 5.74) is 0.241. The van der Waals surface area contributed by atoms with Gasteiger partial charge in [0.15, 0.2) is 11.0 Å². The fourth-order valence-electron chi connectivity index (χ4n) is 4.38. The number of hydrogen-bond donors (Lipinski definition) is 0. The molecule has 3 heterocycles. The summed E-state index contributed by atoms with van der Waals surface area (Å²) < 4.78 is 26.3. The Hall–Kier alpha value is -2.42. The lowest BCUT2D eigenvalue weighted by Crippen LogP contribution is -2.46. The van der Waals surface area contributed by atoms with Crippen molar-refractivity contribution >= 4 is 34.6 Å². The van der Waals surface area contributed by atoms with Gasteiger partial charge in [0.2, 0.25) is 0 Å². The van der Waals surface area contributed by atoms with Gasteiger partial charge in [-0.25, -0.2) is 19.0 Å². The molecule has 0 radical (unpaired) electrons. The topological polar surface area (TPSA) is 86.5 Å². The van der Waals surface area contributed by atoms with Gasteiger partial charge in [0.05, 0.1) is 12.8 Å². The normalized spacial score (nSPS) is 25.8. The molecule has 156 valence electrons. The van der Waals surface area contributed by atoms with Crippen LogP contribution in [-0.4, -0.2) is 57.0 Å². The van der Waals surface area contributed by atoms with Gasteiger partial charge >= 0.3 is 12.1 Å². The number of esters is 1. The Morgan fingerprint density at radius 2 is 2.03 bits per heavy atom. The standard InChI is InChI=1S/C19H22ClFN4O4/c1-19(2,3)29-18(27)25-7-9-10(11(9)15(25)17(26)28-5)13-8-6-22-16(20)12(21)14(8)24(4)23-13/h6,9-11,15H,7H2,1-5H3/t9?,10-,11?,15?/m0/s1. The summed E-state index contributed by atoms with van der Waals surface area (Å²) in [6.45, 7) is 5.64. The average molecular weight is 425 g/mol. The number of ether oxygens (including phenoxy) is 2. The van der Waals surface area contributed by atoms with Crippen molar-refractivity contribution in [3.63, 3.8) is 0 Å². The molecule has 4 rings (SSSR count). The van der Waals surface area contributed by atoms with E-state index in [1.54, 1.807) is 27.8 Å². The number of fused-ring (bicyclic) bond motifs is 2. The highest BCUT2D eigenvalue weighted by Gasteiger charge is 2.67. The fraction of sp³-hybridized carbons (Fsp3) is 0.579. The summed E-state index contributed by atoms with van der Waals surface area (Å²) in [4.78, 5) is 30.4. The van der Waals surface area contributed by atoms with Gasteiger partial charge in [-0.1, -0.05) is 11.6 Å². The first-order valence-electron chi connectivity index (χ1n) is 9.29. The number of carbonyl (C=O) groups excluding carboxylic acids is 2. The third-order valence-corrected chi connectivity index (χ3v) is 5.80. The van der Waals surface area contributed by atoms with E-state index in [1.807, 2.05) is 0 Å². The second-order valence-electron chi connectivity index (χ2n) is 8.50. The molecule has 2 aliphatic rings. The Bertz CT molecular complexity index is 1020. The number of rotatable bonds is 2. The zero-order chi connectivity index (χ0) is 21.2. The maximum absolute atomic E-state index is 14.4. The van der Waals surface area contributed by atoms with Crippen molar-refractivity contribution in [3.05, 3.63) is 22.9 Å². The smallest absolute Gasteiger partial charge is 0.411 e. The SMILES string of the molecule is COC(=O)C1C2C(CN1C(=O)OC(C)(C)C)[C@@H]2c1nn(C)c2c(F)c(Cl)ncc12. The molecule has 29 heavy (non-hydrogen) atoms. The van der Waals surface area contributed by atoms with E-state index in [-0.39, 0.29) is 28.4 Å². The van der Waals surface area contributed by atoms with Gasteiger partial charge in [-0.05, 0) is 26.7 Å². The average Bonchev–Trinajstić information content (AvgIpc) is 3.01. The molecule has 0 aromatic carbocycles. The molecular weight excluding hydrogens is 403 g/mol. The Balaban J connectivity index is 1.67. The predicted octanol–water partition coefficient (Wildman–Crippen LogP) is 2.88. The molecule has 3 unspecified atom stereocenters. The van der Waals surface area contributed by atoms with Crippen LogP contribution in [0, 0.1) is 17.7 Å². The van der Waals surface area contributed by atoms with E-state index < -0.39 is 29.5 Å². The number of pyridine rings is 1. The van der Waals surface area contributed by atoms with Gasteiger partial charge in [0, 0.05) is 37.0 Å². The first kappa shape index (κ1) is 19.9. The van der Waals surface area contributed by atoms with Crippen molar-refractivity contribution in [1.82, 2.24) is 19.7 Å². The highest BCUT2D eigenvalue weighted by atomic mass is 35.5. The van der Waals surface area contributed by atoms with E-state index in [0.29, 0.717) is 17.6 Å². The van der Waals surface area contributed by atoms with Crippen LogP contribution in [0.1, 0.15) is 32.4 Å². The molecule has 0 spiro atoms. The third-order valence-electron chi connectivity index (χ3n) is 5.53. The van der Waals surface area contributed by atoms with Crippen molar-refractivity contribution in [3.8, 4) is 0 Å². The minimum atomic E-state index is -0.771. The van der Waals surface area contributed by atoms with Crippen molar-refractivity contribution in [2.24, 2.45) is 18.9 Å². The zero-order valence-corrected chi connectivity index (χ0v) is 17.5. The Morgan fingerprint density at radius 1 is 1.34 bits per heavy atom. The van der Waals surface area contributed by atoms with E-state index >= 15 is 0 Å². The molecule has 1 saturated carbocycles. The van der Waals surface area contributed by atoms with Gasteiger partial charge < -0.3 is 9.47 Å². The number of methoxy groups -OCH3 is 1. The molecule has 0 bridgehead atoms. The molecule has 1 amide bonds. The summed E-state index contributed by atoms with van der Waals surface area (Å²) in [6.07, 6.45) is 0.944. The highest BCUT2D eigenvalue weighted by molar-refractivity contribution is 6.30. The van der Waals surface area contributed by atoms with Crippen molar-refractivity contribution in [2.45, 2.75) is 38.3 Å². The molecule has 1 aliphatic carbocycles. The molecule has 1 saturated heterocycles. The predicted molar refractivity (Wildman–Crippen MR) is 102 cm³/mol. The number of amides is 1. The minimum absolute atomic E-state index is 0.00320. The van der Waals surface area contributed by atoms with Crippen LogP contribution >= 0.6 is 11.6 Å². The second-order valence-corrected chi connectivity index (χ2v) is 8.86. The van der Waals surface area contributed by atoms with Crippen LogP contribution in [0.4, 0.5) is 9.18 Å². The van der Waals surface area contributed by atoms with Crippen molar-refractivity contribution in [1.29, 1.82) is 0 Å². The maximum Gasteiger partial charge on any atom is 0.411 e. The Morgan fingerprint density at radius 3 is 2.66 bits per heavy atom. The van der Waals surface area contributed by atoms with Crippen LogP contribution in [0.3, 0.4) is 0 Å². The van der Waals surface area contributed by atoms with Crippen LogP contribution in [0.25, 0.3) is 10.9 Å². The second kappa shape index (κ2) is 6.55. The van der Waals surface area contributed by atoms with E-state index in [0.717, 1.165) is 0 Å². The van der Waals surface area contributed by atoms with Gasteiger partial charge in [-0.15, -0.1) is 0 Å². The van der Waals surface area contributed by atoms with Crippen molar-refractivity contribution in [2.75, 3.05) is 13.7 Å². The van der Waals surface area contributed by atoms with Gasteiger partial charge in [0.25, 0.3) is 0 Å². The number of likely N-dealkylation sites (tertiary alicyclic amines) is 1. The van der Waals surface area contributed by atoms with E-state index in [1.165, 1.54) is 22.9 Å². The Labute approximate surface area is 171 Å². The first-order chi connectivity index (χ1) is 13.5. The molecule has 2 fully saturated rings. The summed E-state index contributed by atoms with van der Waals surface area (Å²) in [5.74, 6) is -1.41. The molecule has 2 aromatic rings. The molecule has 8 nitrogen and oxygen atoms in total. The number of hydrogen-bond acceptors (Lipinski definition) is 6. The van der Waals surface area contributed by atoms with Crippen LogP contribution in [0.15, 0.2) is 6.20 Å². The fourth-order valence-corrected chi connectivity index (χ4v) is 4.52.